The molecule has 1 fully saturated rings. The van der Waals surface area contributed by atoms with Crippen LogP contribution in [0.15, 0.2) is 23.8 Å². The lowest BCUT2D eigenvalue weighted by molar-refractivity contribution is 0.163. The molecule has 0 unspecified atom stereocenters. The van der Waals surface area contributed by atoms with Gasteiger partial charge in [-0.2, -0.15) is 0 Å². The van der Waals surface area contributed by atoms with Crippen LogP contribution in [-0.2, 0) is 6.42 Å². The number of anilines is 1. The normalized spacial score (nSPS) is 21.0. The van der Waals surface area contributed by atoms with Crippen LogP contribution in [0.5, 0.6) is 0 Å². The molecule has 3 rings (SSSR count). The number of piperazine rings is 1. The number of nitrogens with zero attached hydrogens (tertiary/aromatic N) is 2. The van der Waals surface area contributed by atoms with Crippen molar-refractivity contribution in [3.8, 4) is 0 Å². The van der Waals surface area contributed by atoms with Crippen LogP contribution < -0.4 is 5.73 Å². The Kier molecular flexibility index (Phi) is 3.58. The van der Waals surface area contributed by atoms with Gasteiger partial charge in [0.15, 0.2) is 0 Å². The van der Waals surface area contributed by atoms with Crippen LogP contribution in [0, 0.1) is 0 Å². The highest BCUT2D eigenvalue weighted by atomic mass is 15.2. The molecule has 1 aliphatic heterocycles. The van der Waals surface area contributed by atoms with E-state index in [-0.39, 0.29) is 0 Å². The number of rotatable bonds is 2. The van der Waals surface area contributed by atoms with Crippen molar-refractivity contribution in [3.05, 3.63) is 34.9 Å². The Morgan fingerprint density at radius 2 is 1.89 bits per heavy atom. The molecule has 3 nitrogen and oxygen atoms in total. The minimum Gasteiger partial charge on any atom is -0.399 e. The number of hydrogen-bond acceptors (Lipinski definition) is 3. The van der Waals surface area contributed by atoms with Crippen LogP contribution in [0.3, 0.4) is 0 Å². The maximum Gasteiger partial charge on any atom is 0.0317 e. The number of benzene rings is 1. The predicted octanol–water partition coefficient (Wildman–Crippen LogP) is 1.85. The topological polar surface area (TPSA) is 32.5 Å². The van der Waals surface area contributed by atoms with Crippen molar-refractivity contribution in [3.63, 3.8) is 0 Å². The van der Waals surface area contributed by atoms with Crippen molar-refractivity contribution in [2.75, 3.05) is 45.5 Å². The summed E-state index contributed by atoms with van der Waals surface area (Å²) in [6.07, 6.45) is 4.69. The number of aryl methyl sites for hydroxylation is 1. The molecular weight excluding hydrogens is 234 g/mol. The third-order valence-corrected chi connectivity index (χ3v) is 4.26. The fourth-order valence-electron chi connectivity index (χ4n) is 2.99. The van der Waals surface area contributed by atoms with E-state index in [4.69, 9.17) is 5.73 Å². The van der Waals surface area contributed by atoms with Crippen LogP contribution in [0.2, 0.25) is 0 Å². The highest BCUT2D eigenvalue weighted by Gasteiger charge is 2.17. The van der Waals surface area contributed by atoms with Gasteiger partial charge < -0.3 is 10.6 Å². The van der Waals surface area contributed by atoms with E-state index in [0.717, 1.165) is 18.7 Å². The largest absolute Gasteiger partial charge is 0.399 e. The standard InChI is InChI=1S/C16H23N3/c1-18-6-8-19(9-7-18)12-13-2-3-15-11-16(17)5-4-14(15)10-13/h4-5,10-11H,2-3,6-9,12,17H2,1H3. The molecule has 1 aromatic carbocycles. The van der Waals surface area contributed by atoms with E-state index >= 15 is 0 Å². The first-order valence-electron chi connectivity index (χ1n) is 7.19. The van der Waals surface area contributed by atoms with Crippen molar-refractivity contribution in [2.24, 2.45) is 0 Å². The van der Waals surface area contributed by atoms with Crippen LogP contribution in [0.4, 0.5) is 5.69 Å². The fraction of sp³-hybridized carbons (Fsp3) is 0.500. The smallest absolute Gasteiger partial charge is 0.0317 e. The minimum atomic E-state index is 0.884. The van der Waals surface area contributed by atoms with Gasteiger partial charge in [0, 0.05) is 38.4 Å². The molecule has 1 saturated heterocycles. The first kappa shape index (κ1) is 12.7. The molecule has 1 aliphatic carbocycles. The average molecular weight is 257 g/mol. The summed E-state index contributed by atoms with van der Waals surface area (Å²) < 4.78 is 0. The molecule has 2 N–H and O–H groups in total. The Balaban J connectivity index is 1.68. The minimum absolute atomic E-state index is 0.884. The van der Waals surface area contributed by atoms with Crippen LogP contribution in [0.1, 0.15) is 17.5 Å². The Morgan fingerprint density at radius 3 is 2.68 bits per heavy atom. The van der Waals surface area contributed by atoms with E-state index in [1.54, 1.807) is 5.57 Å². The maximum absolute atomic E-state index is 5.85. The molecule has 2 aliphatic rings. The first-order chi connectivity index (χ1) is 9.20. The molecule has 0 radical (unpaired) electrons. The van der Waals surface area contributed by atoms with Gasteiger partial charge in [0.1, 0.15) is 0 Å². The van der Waals surface area contributed by atoms with Crippen molar-refractivity contribution in [2.45, 2.75) is 12.8 Å². The van der Waals surface area contributed by atoms with E-state index in [0.29, 0.717) is 0 Å². The quantitative estimate of drug-likeness (QED) is 0.821. The molecule has 1 aromatic rings. The fourth-order valence-corrected chi connectivity index (χ4v) is 2.99. The lowest BCUT2D eigenvalue weighted by Gasteiger charge is -2.33. The van der Waals surface area contributed by atoms with Gasteiger partial charge in [0.25, 0.3) is 0 Å². The summed E-state index contributed by atoms with van der Waals surface area (Å²) in [5.41, 5.74) is 11.1. The van der Waals surface area contributed by atoms with Crippen molar-refractivity contribution >= 4 is 11.8 Å². The second-order valence-corrected chi connectivity index (χ2v) is 5.84. The Bertz CT molecular complexity index is 485. The molecule has 0 saturated carbocycles. The third kappa shape index (κ3) is 2.99. The van der Waals surface area contributed by atoms with E-state index in [2.05, 4.69) is 35.1 Å². The van der Waals surface area contributed by atoms with Crippen LogP contribution >= 0.6 is 0 Å². The maximum atomic E-state index is 5.85. The van der Waals surface area contributed by atoms with Gasteiger partial charge in [-0.05, 0) is 43.1 Å². The van der Waals surface area contributed by atoms with E-state index in [1.807, 2.05) is 6.07 Å². The average Bonchev–Trinajstić information content (AvgIpc) is 2.42. The zero-order valence-electron chi connectivity index (χ0n) is 11.7. The van der Waals surface area contributed by atoms with Crippen LogP contribution in [0.25, 0.3) is 6.08 Å². The summed E-state index contributed by atoms with van der Waals surface area (Å²) >= 11 is 0. The zero-order chi connectivity index (χ0) is 13.2. The second kappa shape index (κ2) is 5.35. The summed E-state index contributed by atoms with van der Waals surface area (Å²) in [6.45, 7) is 5.92. The predicted molar refractivity (Wildman–Crippen MR) is 81.1 cm³/mol. The van der Waals surface area contributed by atoms with Crippen LogP contribution in [-0.4, -0.2) is 49.6 Å². The molecule has 0 aromatic heterocycles. The zero-order valence-corrected chi connectivity index (χ0v) is 11.7. The van der Waals surface area contributed by atoms with E-state index in [9.17, 15) is 0 Å². The monoisotopic (exact) mass is 257 g/mol. The summed E-state index contributed by atoms with van der Waals surface area (Å²) in [5, 5.41) is 0. The highest BCUT2D eigenvalue weighted by molar-refractivity contribution is 5.63. The Hall–Kier alpha value is -1.32. The van der Waals surface area contributed by atoms with Gasteiger partial charge in [-0.1, -0.05) is 17.7 Å². The molecule has 19 heavy (non-hydrogen) atoms. The van der Waals surface area contributed by atoms with Gasteiger partial charge in [-0.25, -0.2) is 0 Å². The van der Waals surface area contributed by atoms with Gasteiger partial charge in [-0.15, -0.1) is 0 Å². The Labute approximate surface area is 115 Å². The van der Waals surface area contributed by atoms with Gasteiger partial charge in [0.05, 0.1) is 0 Å². The first-order valence-corrected chi connectivity index (χ1v) is 7.19. The van der Waals surface area contributed by atoms with E-state index in [1.165, 1.54) is 43.7 Å². The molecule has 3 heteroatoms. The number of nitrogen functional groups attached to an aromatic ring is 1. The van der Waals surface area contributed by atoms with Gasteiger partial charge in [0.2, 0.25) is 0 Å². The number of nitrogens with two attached hydrogens (primary N) is 1. The lowest BCUT2D eigenvalue weighted by atomic mass is 9.91. The molecule has 0 amide bonds. The number of likely N-dealkylation sites (N-methyl/N-ethyl adjacent to an activating group) is 1. The van der Waals surface area contributed by atoms with Crippen molar-refractivity contribution in [1.82, 2.24) is 9.80 Å². The SMILES string of the molecule is CN1CCN(CC2=Cc3ccc(N)cc3CC2)CC1. The van der Waals surface area contributed by atoms with Gasteiger partial charge >= 0.3 is 0 Å². The van der Waals surface area contributed by atoms with Gasteiger partial charge in [-0.3, -0.25) is 4.90 Å². The third-order valence-electron chi connectivity index (χ3n) is 4.26. The molecule has 102 valence electrons. The van der Waals surface area contributed by atoms with E-state index < -0.39 is 0 Å². The molecule has 1 heterocycles. The number of fused-ring (bicyclic) bond motifs is 1. The Morgan fingerprint density at radius 1 is 1.11 bits per heavy atom. The molecule has 0 spiro atoms. The van der Waals surface area contributed by atoms with Crippen molar-refractivity contribution < 1.29 is 0 Å². The molecular formula is C16H23N3. The summed E-state index contributed by atoms with van der Waals surface area (Å²) in [6, 6.07) is 6.29. The summed E-state index contributed by atoms with van der Waals surface area (Å²) in [5.74, 6) is 0. The highest BCUT2D eigenvalue weighted by Crippen LogP contribution is 2.26. The molecule has 0 bridgehead atoms. The summed E-state index contributed by atoms with van der Waals surface area (Å²) in [7, 11) is 2.21. The lowest BCUT2D eigenvalue weighted by Crippen LogP contribution is -2.45. The molecule has 0 atom stereocenters. The summed E-state index contributed by atoms with van der Waals surface area (Å²) in [4.78, 5) is 4.98. The second-order valence-electron chi connectivity index (χ2n) is 5.84. The van der Waals surface area contributed by atoms with Crippen molar-refractivity contribution in [1.29, 1.82) is 0 Å². The number of hydrogen-bond donors (Lipinski definition) is 1.